The number of aryl methyl sites for hydroxylation is 1. The predicted molar refractivity (Wildman–Crippen MR) is 87.7 cm³/mol. The maximum atomic E-state index is 12.8. The lowest BCUT2D eigenvalue weighted by atomic mass is 9.81. The fourth-order valence-electron chi connectivity index (χ4n) is 4.37. The first-order valence-electron chi connectivity index (χ1n) is 7.23. The smallest absolute Gasteiger partial charge is 0.238 e. The van der Waals surface area contributed by atoms with Gasteiger partial charge in [0.2, 0.25) is 11.8 Å². The Bertz CT molecular complexity index is 615. The minimum atomic E-state index is -0.138. The molecule has 0 N–H and O–H groups in total. The van der Waals surface area contributed by atoms with Crippen molar-refractivity contribution in [1.29, 1.82) is 0 Å². The van der Waals surface area contributed by atoms with E-state index >= 15 is 0 Å². The van der Waals surface area contributed by atoms with Gasteiger partial charge in [-0.3, -0.25) is 14.5 Å². The second-order valence-electron chi connectivity index (χ2n) is 6.35. The number of anilines is 1. The Morgan fingerprint density at radius 1 is 1.05 bits per heavy atom. The number of benzene rings is 1. The molecule has 2 saturated carbocycles. The van der Waals surface area contributed by atoms with Crippen molar-refractivity contribution in [3.8, 4) is 0 Å². The van der Waals surface area contributed by atoms with Crippen molar-refractivity contribution < 1.29 is 9.59 Å². The number of nitrogens with zero attached hydrogens (tertiary/aromatic N) is 1. The third-order valence-corrected chi connectivity index (χ3v) is 8.45. The van der Waals surface area contributed by atoms with Gasteiger partial charge in [-0.2, -0.15) is 0 Å². The molecule has 2 amide bonds. The summed E-state index contributed by atoms with van der Waals surface area (Å²) in [7, 11) is 0. The number of carbonyl (C=O) groups excluding carboxylic acids is 2. The van der Waals surface area contributed by atoms with Crippen LogP contribution < -0.4 is 4.90 Å². The van der Waals surface area contributed by atoms with Crippen LogP contribution in [0.1, 0.15) is 12.0 Å². The molecule has 5 heteroatoms. The van der Waals surface area contributed by atoms with Gasteiger partial charge in [0.05, 0.1) is 17.5 Å². The van der Waals surface area contributed by atoms with Crippen molar-refractivity contribution in [2.45, 2.75) is 23.0 Å². The van der Waals surface area contributed by atoms with Gasteiger partial charge in [-0.05, 0) is 42.9 Å². The molecule has 3 nitrogen and oxygen atoms in total. The molecular formula is C16H15Br2NO2. The van der Waals surface area contributed by atoms with Crippen LogP contribution >= 0.6 is 31.9 Å². The molecule has 1 aliphatic heterocycles. The Hall–Kier alpha value is -0.680. The highest BCUT2D eigenvalue weighted by Gasteiger charge is 2.66. The summed E-state index contributed by atoms with van der Waals surface area (Å²) in [6, 6.07) is 7.63. The van der Waals surface area contributed by atoms with E-state index in [9.17, 15) is 9.59 Å². The zero-order chi connectivity index (χ0) is 14.9. The molecule has 2 aliphatic carbocycles. The van der Waals surface area contributed by atoms with Crippen molar-refractivity contribution in [3.63, 3.8) is 0 Å². The minimum Gasteiger partial charge on any atom is -0.274 e. The van der Waals surface area contributed by atoms with Crippen LogP contribution in [0.5, 0.6) is 0 Å². The molecule has 3 aliphatic rings. The van der Waals surface area contributed by atoms with Gasteiger partial charge in [-0.25, -0.2) is 0 Å². The first-order chi connectivity index (χ1) is 10.0. The van der Waals surface area contributed by atoms with Gasteiger partial charge in [0.25, 0.3) is 0 Å². The number of carbonyl (C=O) groups is 2. The number of halogens is 2. The van der Waals surface area contributed by atoms with Gasteiger partial charge in [-0.1, -0.05) is 44.0 Å². The average Bonchev–Trinajstić information content (AvgIpc) is 3.04. The largest absolute Gasteiger partial charge is 0.274 e. The Balaban J connectivity index is 1.75. The summed E-state index contributed by atoms with van der Waals surface area (Å²) in [4.78, 5) is 27.6. The third-order valence-electron chi connectivity index (χ3n) is 5.25. The van der Waals surface area contributed by atoms with E-state index in [1.54, 1.807) is 0 Å². The van der Waals surface area contributed by atoms with E-state index in [0.29, 0.717) is 0 Å². The summed E-state index contributed by atoms with van der Waals surface area (Å²) in [5, 5.41) is 0. The predicted octanol–water partition coefficient (Wildman–Crippen LogP) is 3.28. The average molecular weight is 413 g/mol. The fourth-order valence-corrected chi connectivity index (χ4v) is 6.24. The summed E-state index contributed by atoms with van der Waals surface area (Å²) >= 11 is 7.41. The molecule has 21 heavy (non-hydrogen) atoms. The molecule has 1 heterocycles. The highest BCUT2D eigenvalue weighted by Crippen LogP contribution is 2.60. The van der Waals surface area contributed by atoms with Crippen LogP contribution in [-0.2, 0) is 9.59 Å². The Labute approximate surface area is 140 Å². The summed E-state index contributed by atoms with van der Waals surface area (Å²) in [6.45, 7) is 1.97. The summed E-state index contributed by atoms with van der Waals surface area (Å²) in [6.07, 6.45) is 0.973. The van der Waals surface area contributed by atoms with E-state index in [4.69, 9.17) is 0 Å². The molecule has 0 radical (unpaired) electrons. The quantitative estimate of drug-likeness (QED) is 0.524. The van der Waals surface area contributed by atoms with Gasteiger partial charge in [-0.15, -0.1) is 0 Å². The number of alkyl halides is 2. The van der Waals surface area contributed by atoms with Crippen molar-refractivity contribution in [2.75, 3.05) is 4.90 Å². The van der Waals surface area contributed by atoms with Crippen LogP contribution in [0.15, 0.2) is 24.3 Å². The lowest BCUT2D eigenvalue weighted by Gasteiger charge is -2.28. The molecule has 110 valence electrons. The van der Waals surface area contributed by atoms with E-state index in [1.807, 2.05) is 31.2 Å². The summed E-state index contributed by atoms with van der Waals surface area (Å²) in [5.41, 5.74) is 1.78. The van der Waals surface area contributed by atoms with Gasteiger partial charge < -0.3 is 0 Å². The number of amides is 2. The number of fused-ring (bicyclic) bond motifs is 5. The summed E-state index contributed by atoms with van der Waals surface area (Å²) < 4.78 is 0. The minimum absolute atomic E-state index is 0.00745. The molecule has 1 aromatic rings. The molecule has 0 unspecified atom stereocenters. The molecule has 1 saturated heterocycles. The third kappa shape index (κ3) is 1.76. The van der Waals surface area contributed by atoms with Gasteiger partial charge in [0, 0.05) is 9.65 Å². The molecule has 3 fully saturated rings. The molecular weight excluding hydrogens is 398 g/mol. The highest BCUT2D eigenvalue weighted by atomic mass is 79.9. The van der Waals surface area contributed by atoms with Crippen LogP contribution in [0.25, 0.3) is 0 Å². The maximum Gasteiger partial charge on any atom is 0.238 e. The monoisotopic (exact) mass is 411 g/mol. The standard InChI is InChI=1S/C16H15Br2NO2/c1-7-3-2-4-8(5-7)19-15(20)11-9-6-10(12(11)16(19)21)14(18)13(9)17/h2-5,9-14H,6H2,1H3/t9-,10+,11-,12-,13+,14-/m0/s1. The second-order valence-corrected chi connectivity index (χ2v) is 8.47. The SMILES string of the molecule is Cc1cccc(N2C(=O)[C@H]3[C@@H]4C[C@@H]([C@H](Br)[C@@H]4Br)[C@@H]3C2=O)c1. The first kappa shape index (κ1) is 13.9. The zero-order valence-corrected chi connectivity index (χ0v) is 14.7. The van der Waals surface area contributed by atoms with Crippen LogP contribution in [0.2, 0.25) is 0 Å². The van der Waals surface area contributed by atoms with Crippen LogP contribution in [0.4, 0.5) is 5.69 Å². The first-order valence-corrected chi connectivity index (χ1v) is 9.06. The van der Waals surface area contributed by atoms with Crippen molar-refractivity contribution in [2.24, 2.45) is 23.7 Å². The number of imide groups is 1. The topological polar surface area (TPSA) is 37.4 Å². The maximum absolute atomic E-state index is 12.8. The van der Waals surface area contributed by atoms with E-state index in [2.05, 4.69) is 31.9 Å². The van der Waals surface area contributed by atoms with Gasteiger partial charge in [0.15, 0.2) is 0 Å². The zero-order valence-electron chi connectivity index (χ0n) is 11.5. The highest BCUT2D eigenvalue weighted by molar-refractivity contribution is 9.12. The second kappa shape index (κ2) is 4.66. The van der Waals surface area contributed by atoms with E-state index in [0.717, 1.165) is 17.7 Å². The number of hydrogen-bond donors (Lipinski definition) is 0. The van der Waals surface area contributed by atoms with Crippen molar-refractivity contribution >= 4 is 49.4 Å². The van der Waals surface area contributed by atoms with Crippen molar-refractivity contribution in [3.05, 3.63) is 29.8 Å². The Morgan fingerprint density at radius 2 is 1.62 bits per heavy atom. The molecule has 6 atom stereocenters. The van der Waals surface area contributed by atoms with Crippen LogP contribution in [0, 0.1) is 30.6 Å². The van der Waals surface area contributed by atoms with E-state index < -0.39 is 0 Å². The summed E-state index contributed by atoms with van der Waals surface area (Å²) in [5.74, 6) is 0.257. The molecule has 0 spiro atoms. The normalized spacial score (nSPS) is 41.0. The fraction of sp³-hybridized carbons (Fsp3) is 0.500. The Kier molecular flexibility index (Phi) is 3.09. The molecule has 1 aromatic carbocycles. The van der Waals surface area contributed by atoms with E-state index in [1.165, 1.54) is 4.90 Å². The van der Waals surface area contributed by atoms with Gasteiger partial charge >= 0.3 is 0 Å². The molecule has 0 aromatic heterocycles. The van der Waals surface area contributed by atoms with Crippen LogP contribution in [-0.4, -0.2) is 21.5 Å². The molecule has 4 rings (SSSR count). The lowest BCUT2D eigenvalue weighted by molar-refractivity contribution is -0.123. The number of rotatable bonds is 1. The van der Waals surface area contributed by atoms with Gasteiger partial charge in [0.1, 0.15) is 0 Å². The molecule has 2 bridgehead atoms. The lowest BCUT2D eigenvalue weighted by Crippen LogP contribution is -2.37. The van der Waals surface area contributed by atoms with E-state index in [-0.39, 0.29) is 45.1 Å². The number of hydrogen-bond acceptors (Lipinski definition) is 2. The Morgan fingerprint density at radius 3 is 2.14 bits per heavy atom. The van der Waals surface area contributed by atoms with Crippen LogP contribution in [0.3, 0.4) is 0 Å². The van der Waals surface area contributed by atoms with Crippen molar-refractivity contribution in [1.82, 2.24) is 0 Å².